The quantitative estimate of drug-likeness (QED) is 0.419. The van der Waals surface area contributed by atoms with Gasteiger partial charge in [0.2, 0.25) is 0 Å². The van der Waals surface area contributed by atoms with E-state index in [0.29, 0.717) is 16.9 Å². The zero-order chi connectivity index (χ0) is 24.2. The third kappa shape index (κ3) is 5.28. The van der Waals surface area contributed by atoms with E-state index in [2.05, 4.69) is 20.2 Å². The molecule has 0 radical (unpaired) electrons. The van der Waals surface area contributed by atoms with Crippen molar-refractivity contribution in [1.82, 2.24) is 20.2 Å². The molecule has 1 aromatic heterocycles. The lowest BCUT2D eigenvalue weighted by Gasteiger charge is -2.36. The van der Waals surface area contributed by atoms with E-state index in [1.807, 2.05) is 30.3 Å². The van der Waals surface area contributed by atoms with Crippen LogP contribution in [-0.4, -0.2) is 52.8 Å². The first-order chi connectivity index (χ1) is 17.1. The van der Waals surface area contributed by atoms with Crippen LogP contribution in [0.3, 0.4) is 0 Å². The van der Waals surface area contributed by atoms with Crippen molar-refractivity contribution in [2.24, 2.45) is 11.8 Å². The molecule has 6 rings (SSSR count). The second-order valence-corrected chi connectivity index (χ2v) is 9.55. The second kappa shape index (κ2) is 10.4. The van der Waals surface area contributed by atoms with Gasteiger partial charge in [-0.25, -0.2) is 9.97 Å². The van der Waals surface area contributed by atoms with E-state index in [9.17, 15) is 0 Å². The van der Waals surface area contributed by atoms with E-state index in [1.165, 1.54) is 51.8 Å². The van der Waals surface area contributed by atoms with E-state index < -0.39 is 0 Å². The van der Waals surface area contributed by atoms with Crippen LogP contribution in [0.1, 0.15) is 30.4 Å². The Morgan fingerprint density at radius 1 is 0.886 bits per heavy atom. The lowest BCUT2D eigenvalue weighted by Crippen LogP contribution is -2.56. The van der Waals surface area contributed by atoms with Crippen molar-refractivity contribution >= 4 is 17.3 Å². The van der Waals surface area contributed by atoms with Crippen LogP contribution in [0.2, 0.25) is 0 Å². The second-order valence-electron chi connectivity index (χ2n) is 9.55. The van der Waals surface area contributed by atoms with E-state index >= 15 is 0 Å². The van der Waals surface area contributed by atoms with Gasteiger partial charge in [0, 0.05) is 37.8 Å². The Labute approximate surface area is 206 Å². The van der Waals surface area contributed by atoms with Crippen molar-refractivity contribution in [1.29, 1.82) is 5.41 Å². The van der Waals surface area contributed by atoms with Crippen LogP contribution in [0, 0.1) is 17.2 Å². The molecule has 2 atom stereocenters. The summed E-state index contributed by atoms with van der Waals surface area (Å²) in [7, 11) is 0. The maximum Gasteiger partial charge on any atom is 0.138 e. The molecule has 182 valence electrons. The lowest BCUT2D eigenvalue weighted by molar-refractivity contribution is 0.167. The van der Waals surface area contributed by atoms with Gasteiger partial charge in [0.25, 0.3) is 0 Å². The van der Waals surface area contributed by atoms with Gasteiger partial charge >= 0.3 is 0 Å². The summed E-state index contributed by atoms with van der Waals surface area (Å²) in [5.74, 6) is 3.95. The molecular weight excluding hydrogens is 438 g/mol. The molecule has 0 spiro atoms. The number of nitrogen functional groups attached to an aromatic ring is 2. The van der Waals surface area contributed by atoms with Crippen molar-refractivity contribution in [2.45, 2.75) is 25.3 Å². The van der Waals surface area contributed by atoms with E-state index in [-0.39, 0.29) is 17.3 Å². The minimum Gasteiger partial charge on any atom is -0.457 e. The molecule has 3 fully saturated rings. The van der Waals surface area contributed by atoms with E-state index in [4.69, 9.17) is 21.6 Å². The molecule has 35 heavy (non-hydrogen) atoms. The predicted molar refractivity (Wildman–Crippen MR) is 139 cm³/mol. The fraction of sp³-hybridized carbons (Fsp3) is 0.370. The number of benzene rings is 2. The molecule has 1 saturated carbocycles. The molecule has 2 saturated heterocycles. The topological polar surface area (TPSA) is 126 Å². The SMILES string of the molecule is C1CC2CN(C3CNC3)CC2C1.N=C(c1ccc(Oc2ccccc2)cc1)c1c(N)ncnc1N. The fourth-order valence-corrected chi connectivity index (χ4v) is 5.23. The zero-order valence-corrected chi connectivity index (χ0v) is 19.9. The largest absolute Gasteiger partial charge is 0.457 e. The van der Waals surface area contributed by atoms with Gasteiger partial charge < -0.3 is 21.5 Å². The number of anilines is 2. The number of aromatic nitrogens is 2. The average Bonchev–Trinajstić information content (AvgIpc) is 3.42. The minimum atomic E-state index is 0.173. The molecule has 2 aromatic carbocycles. The Balaban J connectivity index is 0.000000175. The van der Waals surface area contributed by atoms with Crippen LogP contribution in [0.5, 0.6) is 11.5 Å². The van der Waals surface area contributed by atoms with Gasteiger partial charge in [-0.05, 0) is 61.1 Å². The average molecular weight is 472 g/mol. The highest BCUT2D eigenvalue weighted by atomic mass is 16.5. The molecule has 8 heteroatoms. The van der Waals surface area contributed by atoms with Gasteiger partial charge in [-0.15, -0.1) is 0 Å². The number of hydrogen-bond acceptors (Lipinski definition) is 8. The number of nitrogens with one attached hydrogen (secondary N) is 2. The summed E-state index contributed by atoms with van der Waals surface area (Å²) in [6, 6.07) is 17.5. The molecule has 2 aliphatic heterocycles. The highest BCUT2D eigenvalue weighted by molar-refractivity contribution is 6.15. The molecule has 3 aliphatic rings. The number of rotatable bonds is 5. The number of hydrogen-bond donors (Lipinski definition) is 4. The number of nitrogens with zero attached hydrogens (tertiary/aromatic N) is 3. The van der Waals surface area contributed by atoms with Gasteiger partial charge in [0.1, 0.15) is 29.5 Å². The molecule has 1 aliphatic carbocycles. The lowest BCUT2D eigenvalue weighted by atomic mass is 10.0. The van der Waals surface area contributed by atoms with Gasteiger partial charge in [0.15, 0.2) is 0 Å². The summed E-state index contributed by atoms with van der Waals surface area (Å²) >= 11 is 0. The normalized spacial score (nSPS) is 21.5. The Morgan fingerprint density at radius 3 is 2.06 bits per heavy atom. The van der Waals surface area contributed by atoms with Crippen molar-refractivity contribution in [2.75, 3.05) is 37.6 Å². The van der Waals surface area contributed by atoms with E-state index in [1.54, 1.807) is 24.3 Å². The third-order valence-corrected chi connectivity index (χ3v) is 7.31. The Bertz CT molecular complexity index is 1120. The number of nitrogens with two attached hydrogens (primary N) is 2. The van der Waals surface area contributed by atoms with Crippen LogP contribution in [0.25, 0.3) is 0 Å². The Morgan fingerprint density at radius 2 is 1.49 bits per heavy atom. The maximum absolute atomic E-state index is 8.26. The summed E-state index contributed by atoms with van der Waals surface area (Å²) < 4.78 is 5.72. The molecule has 6 N–H and O–H groups in total. The summed E-state index contributed by atoms with van der Waals surface area (Å²) in [5, 5.41) is 11.6. The van der Waals surface area contributed by atoms with Crippen LogP contribution in [0.4, 0.5) is 11.6 Å². The molecular formula is C27H33N7O. The van der Waals surface area contributed by atoms with Gasteiger partial charge in [-0.3, -0.25) is 10.3 Å². The third-order valence-electron chi connectivity index (χ3n) is 7.31. The molecule has 0 amide bonds. The van der Waals surface area contributed by atoms with Crippen molar-refractivity contribution < 1.29 is 4.74 Å². The number of likely N-dealkylation sites (tertiary alicyclic amines) is 1. The first-order valence-corrected chi connectivity index (χ1v) is 12.3. The van der Waals surface area contributed by atoms with Crippen LogP contribution >= 0.6 is 0 Å². The molecule has 3 heterocycles. The molecule has 3 aromatic rings. The fourth-order valence-electron chi connectivity index (χ4n) is 5.23. The maximum atomic E-state index is 8.26. The zero-order valence-electron chi connectivity index (χ0n) is 19.9. The van der Waals surface area contributed by atoms with Crippen LogP contribution in [-0.2, 0) is 0 Å². The standard InChI is InChI=1S/C17H15N5O.C10H18N2/c18-15(14-16(19)21-10-22-17(14)20)11-6-8-13(9-7-11)23-12-4-2-1-3-5-12;1-2-8-6-12(7-9(8)3-1)10-4-11-5-10/h1-10,18H,(H4,19,20,21,22);8-11H,1-7H2. The predicted octanol–water partition coefficient (Wildman–Crippen LogP) is 3.54. The van der Waals surface area contributed by atoms with Gasteiger partial charge in [-0.2, -0.15) is 0 Å². The highest BCUT2D eigenvalue weighted by Crippen LogP contribution is 2.38. The molecule has 2 unspecified atom stereocenters. The van der Waals surface area contributed by atoms with Crippen LogP contribution in [0.15, 0.2) is 60.9 Å². The van der Waals surface area contributed by atoms with Crippen molar-refractivity contribution in [3.63, 3.8) is 0 Å². The number of para-hydroxylation sites is 1. The Kier molecular flexibility index (Phi) is 6.92. The summed E-state index contributed by atoms with van der Waals surface area (Å²) in [6.45, 7) is 5.33. The van der Waals surface area contributed by atoms with Gasteiger partial charge in [-0.1, -0.05) is 24.6 Å². The summed E-state index contributed by atoms with van der Waals surface area (Å²) in [5.41, 5.74) is 12.8. The van der Waals surface area contributed by atoms with Gasteiger partial charge in [0.05, 0.1) is 11.3 Å². The molecule has 0 bridgehead atoms. The first kappa shape index (κ1) is 23.3. The summed E-state index contributed by atoms with van der Waals surface area (Å²) in [4.78, 5) is 10.5. The first-order valence-electron chi connectivity index (χ1n) is 12.3. The Hall–Kier alpha value is -3.49. The number of fused-ring (bicyclic) bond motifs is 1. The molecule has 8 nitrogen and oxygen atoms in total. The van der Waals surface area contributed by atoms with Crippen molar-refractivity contribution in [3.8, 4) is 11.5 Å². The van der Waals surface area contributed by atoms with Crippen LogP contribution < -0.4 is 21.5 Å². The highest BCUT2D eigenvalue weighted by Gasteiger charge is 2.39. The summed E-state index contributed by atoms with van der Waals surface area (Å²) in [6.07, 6.45) is 5.81. The van der Waals surface area contributed by atoms with Crippen molar-refractivity contribution in [3.05, 3.63) is 72.1 Å². The number of ether oxygens (including phenoxy) is 1. The monoisotopic (exact) mass is 471 g/mol. The smallest absolute Gasteiger partial charge is 0.138 e. The van der Waals surface area contributed by atoms with E-state index in [0.717, 1.165) is 23.6 Å². The minimum absolute atomic E-state index is 0.173.